The summed E-state index contributed by atoms with van der Waals surface area (Å²) in [6.07, 6.45) is -0.473. The molecule has 2 rings (SSSR count). The first kappa shape index (κ1) is 13.5. The second kappa shape index (κ2) is 4.96. The fourth-order valence-corrected chi connectivity index (χ4v) is 2.79. The minimum Gasteiger partial charge on any atom is -0.387 e. The normalized spacial score (nSPS) is 14.1. The van der Waals surface area contributed by atoms with E-state index < -0.39 is 6.10 Å². The minimum atomic E-state index is -0.473. The van der Waals surface area contributed by atoms with Crippen molar-refractivity contribution in [1.29, 1.82) is 0 Å². The van der Waals surface area contributed by atoms with Gasteiger partial charge in [0.25, 0.3) is 0 Å². The number of aromatic nitrogens is 1. The Morgan fingerprint density at radius 2 is 2.11 bits per heavy atom. The van der Waals surface area contributed by atoms with Crippen LogP contribution in [0, 0.1) is 0 Å². The Morgan fingerprint density at radius 1 is 1.39 bits per heavy atom. The molecule has 1 aromatic carbocycles. The van der Waals surface area contributed by atoms with Crippen molar-refractivity contribution in [2.45, 2.75) is 32.3 Å². The molecule has 1 aromatic heterocycles. The average molecular weight is 264 g/mol. The molecule has 0 saturated carbocycles. The van der Waals surface area contributed by atoms with Crippen LogP contribution in [-0.4, -0.2) is 23.7 Å². The van der Waals surface area contributed by atoms with Gasteiger partial charge in [0.2, 0.25) is 0 Å². The third-order valence-corrected chi connectivity index (χ3v) is 4.30. The standard InChI is InChI=1S/C14H20N2OS/c1-14(2,3)13-16-10-7-9(11(17)8-15-4)5-6-12(10)18-13/h5-7,11,15,17H,8H2,1-4H3. The van der Waals surface area contributed by atoms with Gasteiger partial charge in [-0.05, 0) is 24.7 Å². The maximum atomic E-state index is 9.96. The number of rotatable bonds is 3. The Hall–Kier alpha value is -0.970. The van der Waals surface area contributed by atoms with E-state index in [0.29, 0.717) is 6.54 Å². The van der Waals surface area contributed by atoms with Gasteiger partial charge in [0.1, 0.15) is 0 Å². The highest BCUT2D eigenvalue weighted by molar-refractivity contribution is 7.18. The molecule has 1 unspecified atom stereocenters. The summed E-state index contributed by atoms with van der Waals surface area (Å²) < 4.78 is 1.18. The average Bonchev–Trinajstić information content (AvgIpc) is 2.71. The summed E-state index contributed by atoms with van der Waals surface area (Å²) in [6, 6.07) is 6.02. The zero-order valence-corrected chi connectivity index (χ0v) is 12.1. The van der Waals surface area contributed by atoms with E-state index in [4.69, 9.17) is 0 Å². The van der Waals surface area contributed by atoms with E-state index in [0.717, 1.165) is 16.1 Å². The molecular formula is C14H20N2OS. The van der Waals surface area contributed by atoms with Gasteiger partial charge in [0, 0.05) is 12.0 Å². The number of aliphatic hydroxyl groups is 1. The second-order valence-electron chi connectivity index (χ2n) is 5.57. The van der Waals surface area contributed by atoms with E-state index in [1.165, 1.54) is 4.70 Å². The zero-order chi connectivity index (χ0) is 13.3. The number of nitrogens with one attached hydrogen (secondary N) is 1. The van der Waals surface area contributed by atoms with Crippen LogP contribution in [-0.2, 0) is 5.41 Å². The number of aliphatic hydroxyl groups excluding tert-OH is 1. The van der Waals surface area contributed by atoms with Gasteiger partial charge in [-0.3, -0.25) is 0 Å². The van der Waals surface area contributed by atoms with E-state index >= 15 is 0 Å². The van der Waals surface area contributed by atoms with Crippen molar-refractivity contribution >= 4 is 21.6 Å². The molecule has 0 aliphatic rings. The van der Waals surface area contributed by atoms with E-state index in [1.807, 2.05) is 19.2 Å². The third-order valence-electron chi connectivity index (χ3n) is 2.84. The van der Waals surface area contributed by atoms with Crippen LogP contribution in [0.25, 0.3) is 10.2 Å². The molecule has 18 heavy (non-hydrogen) atoms. The van der Waals surface area contributed by atoms with Gasteiger partial charge < -0.3 is 10.4 Å². The maximum absolute atomic E-state index is 9.96. The number of likely N-dealkylation sites (N-methyl/N-ethyl adjacent to an activating group) is 1. The Balaban J connectivity index is 2.40. The van der Waals surface area contributed by atoms with Crippen LogP contribution in [0.2, 0.25) is 0 Å². The monoisotopic (exact) mass is 264 g/mol. The summed E-state index contributed by atoms with van der Waals surface area (Å²) in [7, 11) is 1.84. The molecule has 4 heteroatoms. The molecule has 1 heterocycles. The van der Waals surface area contributed by atoms with Crippen LogP contribution in [0.5, 0.6) is 0 Å². The summed E-state index contributed by atoms with van der Waals surface area (Å²) >= 11 is 1.73. The van der Waals surface area contributed by atoms with Crippen molar-refractivity contribution in [3.05, 3.63) is 28.8 Å². The van der Waals surface area contributed by atoms with Gasteiger partial charge in [-0.25, -0.2) is 4.98 Å². The van der Waals surface area contributed by atoms with Crippen LogP contribution < -0.4 is 5.32 Å². The number of benzene rings is 1. The van der Waals surface area contributed by atoms with Gasteiger partial charge in [0.15, 0.2) is 0 Å². The highest BCUT2D eigenvalue weighted by Crippen LogP contribution is 2.32. The molecule has 0 spiro atoms. The van der Waals surface area contributed by atoms with Crippen LogP contribution >= 0.6 is 11.3 Å². The Bertz CT molecular complexity index is 542. The smallest absolute Gasteiger partial charge is 0.0992 e. The van der Waals surface area contributed by atoms with Gasteiger partial charge >= 0.3 is 0 Å². The van der Waals surface area contributed by atoms with Gasteiger partial charge in [-0.15, -0.1) is 11.3 Å². The highest BCUT2D eigenvalue weighted by atomic mass is 32.1. The lowest BCUT2D eigenvalue weighted by Crippen LogP contribution is -2.16. The van der Waals surface area contributed by atoms with E-state index in [1.54, 1.807) is 11.3 Å². The molecule has 0 saturated heterocycles. The first-order chi connectivity index (χ1) is 8.41. The fourth-order valence-electron chi connectivity index (χ4n) is 1.78. The number of thiazole rings is 1. The Morgan fingerprint density at radius 3 is 2.72 bits per heavy atom. The summed E-state index contributed by atoms with van der Waals surface area (Å²) in [5, 5.41) is 14.1. The van der Waals surface area contributed by atoms with Crippen molar-refractivity contribution in [3.8, 4) is 0 Å². The molecule has 2 aromatic rings. The highest BCUT2D eigenvalue weighted by Gasteiger charge is 2.19. The number of hydrogen-bond acceptors (Lipinski definition) is 4. The van der Waals surface area contributed by atoms with Gasteiger partial charge in [-0.2, -0.15) is 0 Å². The van der Waals surface area contributed by atoms with E-state index in [2.05, 4.69) is 37.1 Å². The van der Waals surface area contributed by atoms with Crippen molar-refractivity contribution in [1.82, 2.24) is 10.3 Å². The van der Waals surface area contributed by atoms with Crippen LogP contribution in [0.4, 0.5) is 0 Å². The molecule has 3 nitrogen and oxygen atoms in total. The summed E-state index contributed by atoms with van der Waals surface area (Å²) in [5.41, 5.74) is 1.98. The predicted molar refractivity (Wildman–Crippen MR) is 77.2 cm³/mol. The fraction of sp³-hybridized carbons (Fsp3) is 0.500. The van der Waals surface area contributed by atoms with Crippen LogP contribution in [0.1, 0.15) is 37.4 Å². The zero-order valence-electron chi connectivity index (χ0n) is 11.3. The predicted octanol–water partition coefficient (Wildman–Crippen LogP) is 2.85. The van der Waals surface area contributed by atoms with Crippen molar-refractivity contribution in [3.63, 3.8) is 0 Å². The Kier molecular flexibility index (Phi) is 3.71. The largest absolute Gasteiger partial charge is 0.387 e. The van der Waals surface area contributed by atoms with Gasteiger partial charge in [0.05, 0.1) is 21.3 Å². The summed E-state index contributed by atoms with van der Waals surface area (Å²) in [6.45, 7) is 7.06. The first-order valence-electron chi connectivity index (χ1n) is 6.15. The van der Waals surface area contributed by atoms with Crippen LogP contribution in [0.15, 0.2) is 18.2 Å². The number of fused-ring (bicyclic) bond motifs is 1. The molecular weight excluding hydrogens is 244 g/mol. The SMILES string of the molecule is CNCC(O)c1ccc2sc(C(C)(C)C)nc2c1. The van der Waals surface area contributed by atoms with Crippen LogP contribution in [0.3, 0.4) is 0 Å². The Labute approximate surface area is 112 Å². The molecule has 0 aliphatic heterocycles. The van der Waals surface area contributed by atoms with Crippen molar-refractivity contribution < 1.29 is 5.11 Å². The lowest BCUT2D eigenvalue weighted by Gasteiger charge is -2.13. The molecule has 0 bridgehead atoms. The third kappa shape index (κ3) is 2.71. The molecule has 0 fully saturated rings. The first-order valence-corrected chi connectivity index (χ1v) is 6.97. The molecule has 0 radical (unpaired) electrons. The van der Waals surface area contributed by atoms with Crippen molar-refractivity contribution in [2.24, 2.45) is 0 Å². The quantitative estimate of drug-likeness (QED) is 0.896. The second-order valence-corrected chi connectivity index (χ2v) is 6.60. The molecule has 0 aliphatic carbocycles. The molecule has 98 valence electrons. The number of hydrogen-bond donors (Lipinski definition) is 2. The lowest BCUT2D eigenvalue weighted by molar-refractivity contribution is 0.178. The summed E-state index contributed by atoms with van der Waals surface area (Å²) in [5.74, 6) is 0. The summed E-state index contributed by atoms with van der Waals surface area (Å²) in [4.78, 5) is 4.67. The topological polar surface area (TPSA) is 45.1 Å². The van der Waals surface area contributed by atoms with Gasteiger partial charge in [-0.1, -0.05) is 26.8 Å². The molecule has 1 atom stereocenters. The molecule has 2 N–H and O–H groups in total. The van der Waals surface area contributed by atoms with Crippen molar-refractivity contribution in [2.75, 3.05) is 13.6 Å². The van der Waals surface area contributed by atoms with E-state index in [-0.39, 0.29) is 5.41 Å². The van der Waals surface area contributed by atoms with E-state index in [9.17, 15) is 5.11 Å². The lowest BCUT2D eigenvalue weighted by atomic mass is 9.98. The maximum Gasteiger partial charge on any atom is 0.0992 e. The number of nitrogens with zero attached hydrogens (tertiary/aromatic N) is 1. The molecule has 0 amide bonds. The minimum absolute atomic E-state index is 0.0768.